The van der Waals surface area contributed by atoms with Gasteiger partial charge in [0, 0.05) is 41.9 Å². The summed E-state index contributed by atoms with van der Waals surface area (Å²) in [4.78, 5) is 2.55. The minimum Gasteiger partial charge on any atom is -0.367 e. The molecule has 2 nitrogen and oxygen atoms in total. The van der Waals surface area contributed by atoms with E-state index in [2.05, 4.69) is 60.1 Å². The highest BCUT2D eigenvalue weighted by molar-refractivity contribution is 8.00. The number of hydrogen-bond acceptors (Lipinski definition) is 3. The average Bonchev–Trinajstić information content (AvgIpc) is 3.25. The van der Waals surface area contributed by atoms with Crippen molar-refractivity contribution < 1.29 is 0 Å². The second kappa shape index (κ2) is 5.76. The first-order valence-corrected chi connectivity index (χ1v) is 8.49. The van der Waals surface area contributed by atoms with E-state index in [0.29, 0.717) is 6.04 Å². The van der Waals surface area contributed by atoms with E-state index in [0.717, 1.165) is 17.8 Å². The van der Waals surface area contributed by atoms with Gasteiger partial charge >= 0.3 is 0 Å². The molecule has 1 saturated carbocycles. The van der Waals surface area contributed by atoms with Gasteiger partial charge in [-0.15, -0.1) is 0 Å². The summed E-state index contributed by atoms with van der Waals surface area (Å²) in [6.07, 6.45) is 2.72. The standard InChI is InChI=1S/C16H24N2S/c1-12-13(2)19-10-9-18(12)16-7-3-14(4-8-16)11-17-15-5-6-15/h3-4,7-8,12-13,15,17H,5-6,9-11H2,1-2H3. The molecule has 0 spiro atoms. The summed E-state index contributed by atoms with van der Waals surface area (Å²) >= 11 is 2.09. The van der Waals surface area contributed by atoms with Crippen LogP contribution in [0.3, 0.4) is 0 Å². The molecule has 2 aliphatic rings. The summed E-state index contributed by atoms with van der Waals surface area (Å²) in [6.45, 7) is 6.89. The second-order valence-corrected chi connectivity index (χ2v) is 7.32. The molecule has 1 saturated heterocycles. The van der Waals surface area contributed by atoms with Gasteiger partial charge in [0.2, 0.25) is 0 Å². The zero-order valence-corrected chi connectivity index (χ0v) is 12.7. The molecule has 3 heteroatoms. The SMILES string of the molecule is CC1SCCN(c2ccc(CNC3CC3)cc2)C1C. The maximum absolute atomic E-state index is 3.57. The van der Waals surface area contributed by atoms with Crippen LogP contribution in [0.5, 0.6) is 0 Å². The minimum absolute atomic E-state index is 0.634. The molecule has 1 heterocycles. The normalized spacial score (nSPS) is 27.6. The van der Waals surface area contributed by atoms with Gasteiger partial charge in [-0.25, -0.2) is 0 Å². The van der Waals surface area contributed by atoms with Crippen molar-refractivity contribution in [2.75, 3.05) is 17.2 Å². The predicted molar refractivity (Wildman–Crippen MR) is 85.0 cm³/mol. The largest absolute Gasteiger partial charge is 0.367 e. The van der Waals surface area contributed by atoms with Crippen LogP contribution in [0.1, 0.15) is 32.3 Å². The Morgan fingerprint density at radius 3 is 2.63 bits per heavy atom. The summed E-state index contributed by atoms with van der Waals surface area (Å²) < 4.78 is 0. The molecule has 0 amide bonds. The van der Waals surface area contributed by atoms with Crippen LogP contribution >= 0.6 is 11.8 Å². The molecule has 1 N–H and O–H groups in total. The smallest absolute Gasteiger partial charge is 0.0378 e. The Kier molecular flexibility index (Phi) is 4.04. The van der Waals surface area contributed by atoms with Gasteiger partial charge in [-0.2, -0.15) is 11.8 Å². The number of anilines is 1. The maximum atomic E-state index is 3.57. The van der Waals surface area contributed by atoms with Crippen molar-refractivity contribution in [1.29, 1.82) is 0 Å². The van der Waals surface area contributed by atoms with E-state index in [1.165, 1.54) is 36.4 Å². The summed E-state index contributed by atoms with van der Waals surface area (Å²) in [5, 5.41) is 4.30. The number of nitrogens with one attached hydrogen (secondary N) is 1. The molecule has 1 aliphatic heterocycles. The lowest BCUT2D eigenvalue weighted by Crippen LogP contribution is -2.44. The molecule has 1 aromatic rings. The number of thioether (sulfide) groups is 1. The van der Waals surface area contributed by atoms with Gasteiger partial charge in [-0.05, 0) is 37.5 Å². The zero-order chi connectivity index (χ0) is 13.2. The van der Waals surface area contributed by atoms with Gasteiger partial charge in [0.1, 0.15) is 0 Å². The fourth-order valence-corrected chi connectivity index (χ4v) is 3.75. The van der Waals surface area contributed by atoms with Crippen molar-refractivity contribution in [3.8, 4) is 0 Å². The minimum atomic E-state index is 0.634. The first-order chi connectivity index (χ1) is 9.24. The van der Waals surface area contributed by atoms with Crippen molar-refractivity contribution in [2.45, 2.75) is 50.6 Å². The van der Waals surface area contributed by atoms with E-state index in [1.807, 2.05) is 0 Å². The Bertz CT molecular complexity index is 413. The van der Waals surface area contributed by atoms with Gasteiger partial charge < -0.3 is 10.2 Å². The van der Waals surface area contributed by atoms with Gasteiger partial charge in [-0.1, -0.05) is 19.1 Å². The quantitative estimate of drug-likeness (QED) is 0.908. The lowest BCUT2D eigenvalue weighted by Gasteiger charge is -2.39. The highest BCUT2D eigenvalue weighted by Crippen LogP contribution is 2.29. The monoisotopic (exact) mass is 276 g/mol. The van der Waals surface area contributed by atoms with Gasteiger partial charge in [-0.3, -0.25) is 0 Å². The van der Waals surface area contributed by atoms with Crippen molar-refractivity contribution in [2.24, 2.45) is 0 Å². The van der Waals surface area contributed by atoms with Crippen LogP contribution in [0.25, 0.3) is 0 Å². The van der Waals surface area contributed by atoms with Crippen molar-refractivity contribution in [1.82, 2.24) is 5.32 Å². The Morgan fingerprint density at radius 2 is 1.95 bits per heavy atom. The number of nitrogens with zero attached hydrogens (tertiary/aromatic N) is 1. The van der Waals surface area contributed by atoms with Gasteiger partial charge in [0.15, 0.2) is 0 Å². The molecular weight excluding hydrogens is 252 g/mol. The van der Waals surface area contributed by atoms with Crippen LogP contribution in [-0.2, 0) is 6.54 Å². The topological polar surface area (TPSA) is 15.3 Å². The fraction of sp³-hybridized carbons (Fsp3) is 0.625. The van der Waals surface area contributed by atoms with Crippen LogP contribution < -0.4 is 10.2 Å². The third kappa shape index (κ3) is 3.26. The van der Waals surface area contributed by atoms with E-state index in [4.69, 9.17) is 0 Å². The van der Waals surface area contributed by atoms with Gasteiger partial charge in [0.05, 0.1) is 0 Å². The summed E-state index contributed by atoms with van der Waals surface area (Å²) in [7, 11) is 0. The lowest BCUT2D eigenvalue weighted by molar-refractivity contribution is 0.627. The fourth-order valence-electron chi connectivity index (χ4n) is 2.65. The van der Waals surface area contributed by atoms with E-state index < -0.39 is 0 Å². The highest BCUT2D eigenvalue weighted by atomic mass is 32.2. The molecule has 0 aromatic heterocycles. The van der Waals surface area contributed by atoms with E-state index in [1.54, 1.807) is 0 Å². The van der Waals surface area contributed by atoms with Crippen molar-refractivity contribution >= 4 is 17.4 Å². The molecule has 1 aromatic carbocycles. The van der Waals surface area contributed by atoms with Crippen LogP contribution in [0, 0.1) is 0 Å². The molecular formula is C16H24N2S. The molecule has 3 rings (SSSR count). The summed E-state index contributed by atoms with van der Waals surface area (Å²) in [5.74, 6) is 1.25. The maximum Gasteiger partial charge on any atom is 0.0378 e. The number of benzene rings is 1. The van der Waals surface area contributed by atoms with E-state index in [9.17, 15) is 0 Å². The molecule has 104 valence electrons. The Balaban J connectivity index is 1.63. The third-order valence-corrected chi connectivity index (χ3v) is 5.66. The molecule has 2 atom stereocenters. The van der Waals surface area contributed by atoms with E-state index in [-0.39, 0.29) is 0 Å². The van der Waals surface area contributed by atoms with Crippen molar-refractivity contribution in [3.05, 3.63) is 29.8 Å². The van der Waals surface area contributed by atoms with E-state index >= 15 is 0 Å². The molecule has 2 fully saturated rings. The third-order valence-electron chi connectivity index (χ3n) is 4.32. The number of hydrogen-bond donors (Lipinski definition) is 1. The average molecular weight is 276 g/mol. The van der Waals surface area contributed by atoms with Crippen LogP contribution in [0.15, 0.2) is 24.3 Å². The summed E-state index contributed by atoms with van der Waals surface area (Å²) in [5.41, 5.74) is 2.79. The lowest BCUT2D eigenvalue weighted by atomic mass is 10.1. The Labute approximate surface area is 121 Å². The number of rotatable bonds is 4. The van der Waals surface area contributed by atoms with Crippen LogP contribution in [0.2, 0.25) is 0 Å². The van der Waals surface area contributed by atoms with Gasteiger partial charge in [0.25, 0.3) is 0 Å². The Morgan fingerprint density at radius 1 is 1.21 bits per heavy atom. The second-order valence-electron chi connectivity index (χ2n) is 5.83. The molecule has 19 heavy (non-hydrogen) atoms. The van der Waals surface area contributed by atoms with Crippen LogP contribution in [0.4, 0.5) is 5.69 Å². The van der Waals surface area contributed by atoms with Crippen molar-refractivity contribution in [3.63, 3.8) is 0 Å². The van der Waals surface area contributed by atoms with Crippen LogP contribution in [-0.4, -0.2) is 29.6 Å². The molecule has 0 radical (unpaired) electrons. The predicted octanol–water partition coefficient (Wildman–Crippen LogP) is 3.27. The molecule has 2 unspecified atom stereocenters. The zero-order valence-electron chi connectivity index (χ0n) is 11.9. The Hall–Kier alpha value is -0.670. The first-order valence-electron chi connectivity index (χ1n) is 7.44. The highest BCUT2D eigenvalue weighted by Gasteiger charge is 2.25. The molecule has 1 aliphatic carbocycles. The first kappa shape index (κ1) is 13.3. The summed E-state index contributed by atoms with van der Waals surface area (Å²) in [6, 6.07) is 10.6. The molecule has 0 bridgehead atoms.